The normalized spacial score (nSPS) is 10.8. The Labute approximate surface area is 97.8 Å². The van der Waals surface area contributed by atoms with Gasteiger partial charge in [0.15, 0.2) is 0 Å². The van der Waals surface area contributed by atoms with Crippen molar-refractivity contribution >= 4 is 0 Å². The standard InChI is InChI=1S/C8H12.C7H7F/c1-5-7(3)8(4)6-2;1-6-2-4-7(8)5-3-6/h5-6H,1-2H2,3-4H3;2-5H,1H3/b8-7-;. The van der Waals surface area contributed by atoms with E-state index in [4.69, 9.17) is 0 Å². The van der Waals surface area contributed by atoms with Crippen LogP contribution < -0.4 is 0 Å². The zero-order valence-electron chi connectivity index (χ0n) is 10.3. The van der Waals surface area contributed by atoms with Crippen molar-refractivity contribution < 1.29 is 4.39 Å². The quantitative estimate of drug-likeness (QED) is 0.624. The van der Waals surface area contributed by atoms with Gasteiger partial charge in [0.05, 0.1) is 0 Å². The lowest BCUT2D eigenvalue weighted by Gasteiger charge is -1.92. The molecule has 0 spiro atoms. The number of halogens is 1. The monoisotopic (exact) mass is 218 g/mol. The van der Waals surface area contributed by atoms with E-state index in [1.807, 2.05) is 32.9 Å². The van der Waals surface area contributed by atoms with Crippen LogP contribution in [0.15, 0.2) is 60.7 Å². The number of allylic oxidation sites excluding steroid dienone is 4. The van der Waals surface area contributed by atoms with Crippen LogP contribution in [-0.2, 0) is 0 Å². The van der Waals surface area contributed by atoms with Gasteiger partial charge in [0.1, 0.15) is 5.82 Å². The van der Waals surface area contributed by atoms with Gasteiger partial charge in [0.25, 0.3) is 0 Å². The molecule has 0 unspecified atom stereocenters. The number of hydrogen-bond donors (Lipinski definition) is 0. The van der Waals surface area contributed by atoms with Crippen molar-refractivity contribution in [3.63, 3.8) is 0 Å². The first kappa shape index (κ1) is 14.4. The third-order valence-corrected chi connectivity index (χ3v) is 2.25. The fourth-order valence-electron chi connectivity index (χ4n) is 0.855. The maximum Gasteiger partial charge on any atom is 0.123 e. The Morgan fingerprint density at radius 1 is 1.00 bits per heavy atom. The smallest absolute Gasteiger partial charge is 0.123 e. The second kappa shape index (κ2) is 7.63. The van der Waals surface area contributed by atoms with Gasteiger partial charge < -0.3 is 0 Å². The van der Waals surface area contributed by atoms with Crippen LogP contribution in [0, 0.1) is 12.7 Å². The van der Waals surface area contributed by atoms with Gasteiger partial charge in [-0.15, -0.1) is 0 Å². The van der Waals surface area contributed by atoms with Crippen LogP contribution in [0.3, 0.4) is 0 Å². The summed E-state index contributed by atoms with van der Waals surface area (Å²) in [4.78, 5) is 0. The Hall–Kier alpha value is -1.63. The van der Waals surface area contributed by atoms with E-state index in [9.17, 15) is 4.39 Å². The second-order valence-corrected chi connectivity index (χ2v) is 3.57. The van der Waals surface area contributed by atoms with E-state index >= 15 is 0 Å². The van der Waals surface area contributed by atoms with Crippen LogP contribution in [0.1, 0.15) is 19.4 Å². The van der Waals surface area contributed by atoms with Crippen molar-refractivity contribution in [3.05, 3.63) is 72.1 Å². The summed E-state index contributed by atoms with van der Waals surface area (Å²) in [5.41, 5.74) is 3.48. The lowest BCUT2D eigenvalue weighted by atomic mass is 10.1. The first-order valence-electron chi connectivity index (χ1n) is 5.15. The molecule has 1 rings (SSSR count). The van der Waals surface area contributed by atoms with E-state index in [2.05, 4.69) is 13.2 Å². The SMILES string of the molecule is C=C/C(C)=C(/C)C=C.Cc1ccc(F)cc1. The average molecular weight is 218 g/mol. The molecular weight excluding hydrogens is 199 g/mol. The molecule has 0 N–H and O–H groups in total. The summed E-state index contributed by atoms with van der Waals surface area (Å²) in [6, 6.07) is 6.40. The topological polar surface area (TPSA) is 0 Å². The minimum Gasteiger partial charge on any atom is -0.207 e. The van der Waals surface area contributed by atoms with E-state index in [0.717, 1.165) is 5.56 Å². The fourth-order valence-corrected chi connectivity index (χ4v) is 0.855. The van der Waals surface area contributed by atoms with Gasteiger partial charge in [-0.05, 0) is 44.1 Å². The highest BCUT2D eigenvalue weighted by molar-refractivity contribution is 5.27. The summed E-state index contributed by atoms with van der Waals surface area (Å²) in [6.45, 7) is 13.2. The molecule has 16 heavy (non-hydrogen) atoms. The molecule has 0 aliphatic heterocycles. The van der Waals surface area contributed by atoms with E-state index in [-0.39, 0.29) is 5.82 Å². The van der Waals surface area contributed by atoms with Crippen LogP contribution in [0.5, 0.6) is 0 Å². The highest BCUT2D eigenvalue weighted by Crippen LogP contribution is 2.03. The van der Waals surface area contributed by atoms with Crippen LogP contribution in [0.2, 0.25) is 0 Å². The van der Waals surface area contributed by atoms with Crippen molar-refractivity contribution in [2.75, 3.05) is 0 Å². The molecular formula is C15H19F. The molecule has 0 heterocycles. The van der Waals surface area contributed by atoms with E-state index in [1.54, 1.807) is 12.1 Å². The number of aryl methyl sites for hydroxylation is 1. The number of hydrogen-bond acceptors (Lipinski definition) is 0. The molecule has 1 heteroatoms. The lowest BCUT2D eigenvalue weighted by molar-refractivity contribution is 0.627. The maximum atomic E-state index is 12.1. The Kier molecular flexibility index (Phi) is 6.86. The molecule has 0 amide bonds. The predicted molar refractivity (Wildman–Crippen MR) is 69.9 cm³/mol. The van der Waals surface area contributed by atoms with Gasteiger partial charge in [0, 0.05) is 0 Å². The molecule has 0 saturated heterocycles. The van der Waals surface area contributed by atoms with Crippen LogP contribution in [0.25, 0.3) is 0 Å². The molecule has 86 valence electrons. The van der Waals surface area contributed by atoms with Gasteiger partial charge in [-0.2, -0.15) is 0 Å². The summed E-state index contributed by atoms with van der Waals surface area (Å²) in [5.74, 6) is -0.171. The summed E-state index contributed by atoms with van der Waals surface area (Å²) in [7, 11) is 0. The summed E-state index contributed by atoms with van der Waals surface area (Å²) in [5, 5.41) is 0. The maximum absolute atomic E-state index is 12.1. The lowest BCUT2D eigenvalue weighted by Crippen LogP contribution is -1.71. The predicted octanol–water partition coefficient (Wildman–Crippen LogP) is 4.83. The molecule has 0 bridgehead atoms. The van der Waals surface area contributed by atoms with Crippen LogP contribution in [-0.4, -0.2) is 0 Å². The Bertz CT molecular complexity index is 332. The van der Waals surface area contributed by atoms with Crippen molar-refractivity contribution in [1.82, 2.24) is 0 Å². The number of benzene rings is 1. The molecule has 0 aliphatic rings. The Morgan fingerprint density at radius 2 is 1.38 bits per heavy atom. The average Bonchev–Trinajstić information content (AvgIpc) is 2.31. The summed E-state index contributed by atoms with van der Waals surface area (Å²) in [6.07, 6.45) is 3.66. The van der Waals surface area contributed by atoms with Gasteiger partial charge in [-0.1, -0.05) is 43.0 Å². The molecule has 0 aliphatic carbocycles. The molecule has 0 saturated carbocycles. The van der Waals surface area contributed by atoms with Gasteiger partial charge in [-0.3, -0.25) is 0 Å². The molecule has 0 atom stereocenters. The summed E-state index contributed by atoms with van der Waals surface area (Å²) >= 11 is 0. The minimum absolute atomic E-state index is 0.171. The van der Waals surface area contributed by atoms with Crippen molar-refractivity contribution in [3.8, 4) is 0 Å². The Morgan fingerprint density at radius 3 is 1.62 bits per heavy atom. The Balaban J connectivity index is 0.000000281. The first-order chi connectivity index (χ1) is 7.51. The van der Waals surface area contributed by atoms with Crippen molar-refractivity contribution in [2.45, 2.75) is 20.8 Å². The third-order valence-electron chi connectivity index (χ3n) is 2.25. The number of rotatable bonds is 2. The van der Waals surface area contributed by atoms with E-state index < -0.39 is 0 Å². The van der Waals surface area contributed by atoms with E-state index in [0.29, 0.717) is 0 Å². The van der Waals surface area contributed by atoms with Crippen molar-refractivity contribution in [1.29, 1.82) is 0 Å². The van der Waals surface area contributed by atoms with Gasteiger partial charge in [-0.25, -0.2) is 4.39 Å². The molecule has 0 fully saturated rings. The first-order valence-corrected chi connectivity index (χ1v) is 5.15. The third kappa shape index (κ3) is 5.97. The van der Waals surface area contributed by atoms with Gasteiger partial charge >= 0.3 is 0 Å². The zero-order chi connectivity index (χ0) is 12.6. The highest BCUT2D eigenvalue weighted by atomic mass is 19.1. The minimum atomic E-state index is -0.171. The van der Waals surface area contributed by atoms with Crippen LogP contribution in [0.4, 0.5) is 4.39 Å². The second-order valence-electron chi connectivity index (χ2n) is 3.57. The molecule has 0 aromatic heterocycles. The largest absolute Gasteiger partial charge is 0.207 e. The molecule has 1 aromatic rings. The fraction of sp³-hybridized carbons (Fsp3) is 0.200. The summed E-state index contributed by atoms with van der Waals surface area (Å²) < 4.78 is 12.1. The highest BCUT2D eigenvalue weighted by Gasteiger charge is 1.83. The van der Waals surface area contributed by atoms with E-state index in [1.165, 1.54) is 23.3 Å². The van der Waals surface area contributed by atoms with Gasteiger partial charge in [0.2, 0.25) is 0 Å². The van der Waals surface area contributed by atoms with Crippen molar-refractivity contribution in [2.24, 2.45) is 0 Å². The molecule has 1 aromatic carbocycles. The molecule has 0 nitrogen and oxygen atoms in total. The zero-order valence-corrected chi connectivity index (χ0v) is 10.3. The van der Waals surface area contributed by atoms with Crippen LogP contribution >= 0.6 is 0 Å². The molecule has 0 radical (unpaired) electrons.